The van der Waals surface area contributed by atoms with Gasteiger partial charge in [-0.1, -0.05) is 6.07 Å². The topological polar surface area (TPSA) is 76.7 Å². The molecule has 0 saturated carbocycles. The number of halogens is 2. The minimum absolute atomic E-state index is 0.239. The van der Waals surface area contributed by atoms with Crippen molar-refractivity contribution in [1.29, 1.82) is 0 Å². The number of rotatable bonds is 6. The van der Waals surface area contributed by atoms with E-state index in [0.717, 1.165) is 12.7 Å². The van der Waals surface area contributed by atoms with Gasteiger partial charge in [-0.15, -0.1) is 0 Å². The second-order valence-corrected chi connectivity index (χ2v) is 8.96. The molecule has 0 aliphatic rings. The number of hydrogen-bond donors (Lipinski definition) is 2. The molecule has 8 heteroatoms. The quantitative estimate of drug-likeness (QED) is 0.338. The van der Waals surface area contributed by atoms with Crippen LogP contribution in [0.3, 0.4) is 0 Å². The van der Waals surface area contributed by atoms with Crippen molar-refractivity contribution in [2.45, 2.75) is 6.92 Å². The van der Waals surface area contributed by atoms with Crippen LogP contribution in [-0.4, -0.2) is 26.0 Å². The summed E-state index contributed by atoms with van der Waals surface area (Å²) in [6.45, 7) is 1.89. The fourth-order valence-electron chi connectivity index (χ4n) is 2.85. The number of nitrogens with one attached hydrogen (secondary N) is 2. The van der Waals surface area contributed by atoms with Gasteiger partial charge in [0.1, 0.15) is 11.5 Å². The minimum atomic E-state index is -0.244. The van der Waals surface area contributed by atoms with E-state index in [-0.39, 0.29) is 11.8 Å². The van der Waals surface area contributed by atoms with Gasteiger partial charge >= 0.3 is 0 Å². The molecule has 0 atom stereocenters. The molecule has 31 heavy (non-hydrogen) atoms. The Morgan fingerprint density at radius 2 is 1.26 bits per heavy atom. The zero-order valence-electron chi connectivity index (χ0n) is 17.1. The largest absolute Gasteiger partial charge is 0.496 e. The molecule has 2 N–H and O–H groups in total. The molecule has 0 radical (unpaired) electrons. The van der Waals surface area contributed by atoms with Crippen molar-refractivity contribution in [2.24, 2.45) is 0 Å². The summed E-state index contributed by atoms with van der Waals surface area (Å²) < 4.78 is 12.2. The Balaban J connectivity index is 1.77. The van der Waals surface area contributed by atoms with E-state index in [1.165, 1.54) is 0 Å². The first-order chi connectivity index (χ1) is 14.8. The number of carbonyl (C=O) groups is 2. The first-order valence-corrected chi connectivity index (χ1v) is 11.4. The molecule has 0 aromatic heterocycles. The highest BCUT2D eigenvalue weighted by Crippen LogP contribution is 2.25. The van der Waals surface area contributed by atoms with Crippen LogP contribution >= 0.6 is 45.2 Å². The van der Waals surface area contributed by atoms with Gasteiger partial charge in [0.25, 0.3) is 11.8 Å². The first kappa shape index (κ1) is 23.3. The van der Waals surface area contributed by atoms with Crippen molar-refractivity contribution in [3.8, 4) is 11.5 Å². The summed E-state index contributed by atoms with van der Waals surface area (Å²) in [5, 5.41) is 5.79. The van der Waals surface area contributed by atoms with Gasteiger partial charge < -0.3 is 20.1 Å². The Morgan fingerprint density at radius 1 is 0.742 bits per heavy atom. The SMILES string of the molecule is COc1ccc(C(=O)Nc2ccc(C)c(NC(=O)c3ccc(OC)c(I)c3)c2)cc1I. The molecule has 0 spiro atoms. The second-order valence-electron chi connectivity index (χ2n) is 6.64. The summed E-state index contributed by atoms with van der Waals surface area (Å²) in [6.07, 6.45) is 0. The van der Waals surface area contributed by atoms with Gasteiger partial charge in [0.15, 0.2) is 0 Å². The maximum atomic E-state index is 12.7. The summed E-state index contributed by atoms with van der Waals surface area (Å²) in [4.78, 5) is 25.4. The Hall–Kier alpha value is -2.34. The van der Waals surface area contributed by atoms with Gasteiger partial charge in [0, 0.05) is 22.5 Å². The van der Waals surface area contributed by atoms with Crippen LogP contribution in [0.2, 0.25) is 0 Å². The number of aryl methyl sites for hydroxylation is 1. The highest BCUT2D eigenvalue weighted by molar-refractivity contribution is 14.1. The third-order valence-electron chi connectivity index (χ3n) is 4.57. The number of amides is 2. The van der Waals surface area contributed by atoms with E-state index in [1.807, 2.05) is 13.0 Å². The van der Waals surface area contributed by atoms with Crippen LogP contribution in [0.5, 0.6) is 11.5 Å². The molecule has 2 amide bonds. The molecule has 0 bridgehead atoms. The maximum Gasteiger partial charge on any atom is 0.255 e. The van der Waals surface area contributed by atoms with E-state index in [9.17, 15) is 9.59 Å². The minimum Gasteiger partial charge on any atom is -0.496 e. The van der Waals surface area contributed by atoms with Crippen LogP contribution < -0.4 is 20.1 Å². The van der Waals surface area contributed by atoms with Gasteiger partial charge in [-0.2, -0.15) is 0 Å². The molecule has 3 aromatic rings. The second kappa shape index (κ2) is 10.3. The highest BCUT2D eigenvalue weighted by Gasteiger charge is 2.13. The van der Waals surface area contributed by atoms with Crippen LogP contribution in [-0.2, 0) is 0 Å². The Kier molecular flexibility index (Phi) is 7.76. The summed E-state index contributed by atoms with van der Waals surface area (Å²) in [7, 11) is 3.18. The fraction of sp³-hybridized carbons (Fsp3) is 0.130. The Bertz CT molecular complexity index is 1150. The predicted octanol–water partition coefficient (Wildman–Crippen LogP) is 5.73. The molecule has 3 rings (SSSR count). The zero-order chi connectivity index (χ0) is 22.5. The highest BCUT2D eigenvalue weighted by atomic mass is 127. The average Bonchev–Trinajstić information content (AvgIpc) is 2.75. The van der Waals surface area contributed by atoms with Crippen molar-refractivity contribution in [2.75, 3.05) is 24.9 Å². The van der Waals surface area contributed by atoms with Gasteiger partial charge in [0.05, 0.1) is 21.4 Å². The van der Waals surface area contributed by atoms with E-state index in [1.54, 1.807) is 62.8 Å². The lowest BCUT2D eigenvalue weighted by Crippen LogP contribution is -2.15. The molecule has 0 unspecified atom stereocenters. The van der Waals surface area contributed by atoms with Gasteiger partial charge in [-0.25, -0.2) is 0 Å². The third-order valence-corrected chi connectivity index (χ3v) is 6.26. The predicted molar refractivity (Wildman–Crippen MR) is 139 cm³/mol. The number of hydrogen-bond acceptors (Lipinski definition) is 4. The van der Waals surface area contributed by atoms with Gasteiger partial charge in [0.2, 0.25) is 0 Å². The molecule has 3 aromatic carbocycles. The molecule has 0 heterocycles. The standard InChI is InChI=1S/C23H20I2N2O4/c1-13-4-7-16(26-22(28)14-5-8-20(30-2)17(24)10-14)12-19(13)27-23(29)15-6-9-21(31-3)18(25)11-15/h4-12H,1-3H3,(H,26,28)(H,27,29). The van der Waals surface area contributed by atoms with Crippen LogP contribution in [0, 0.1) is 14.1 Å². The lowest BCUT2D eigenvalue weighted by atomic mass is 10.1. The first-order valence-electron chi connectivity index (χ1n) is 9.23. The normalized spacial score (nSPS) is 10.4. The summed E-state index contributed by atoms with van der Waals surface area (Å²) >= 11 is 4.25. The van der Waals surface area contributed by atoms with Crippen molar-refractivity contribution >= 4 is 68.4 Å². The Morgan fingerprint density at radius 3 is 1.74 bits per heavy atom. The number of methoxy groups -OCH3 is 2. The van der Waals surface area contributed by atoms with E-state index >= 15 is 0 Å². The number of anilines is 2. The van der Waals surface area contributed by atoms with Crippen LogP contribution in [0.25, 0.3) is 0 Å². The number of benzene rings is 3. The summed E-state index contributed by atoms with van der Waals surface area (Å²) in [5.41, 5.74) is 3.13. The molecular weight excluding hydrogens is 622 g/mol. The molecule has 0 saturated heterocycles. The Labute approximate surface area is 208 Å². The smallest absolute Gasteiger partial charge is 0.255 e. The van der Waals surface area contributed by atoms with Gasteiger partial charge in [-0.3, -0.25) is 9.59 Å². The van der Waals surface area contributed by atoms with Crippen molar-refractivity contribution in [3.05, 3.63) is 78.4 Å². The molecule has 0 fully saturated rings. The summed E-state index contributed by atoms with van der Waals surface area (Å²) in [6, 6.07) is 15.9. The van der Waals surface area contributed by atoms with Crippen LogP contribution in [0.1, 0.15) is 26.3 Å². The molecule has 0 aliphatic carbocycles. The van der Waals surface area contributed by atoms with Gasteiger partial charge in [-0.05, 0) is 106 Å². The third kappa shape index (κ3) is 5.67. The molecule has 6 nitrogen and oxygen atoms in total. The number of ether oxygens (including phenoxy) is 2. The van der Waals surface area contributed by atoms with E-state index in [2.05, 4.69) is 55.8 Å². The summed E-state index contributed by atoms with van der Waals surface area (Å²) in [5.74, 6) is 0.945. The van der Waals surface area contributed by atoms with Crippen molar-refractivity contribution in [1.82, 2.24) is 0 Å². The maximum absolute atomic E-state index is 12.7. The molecule has 160 valence electrons. The molecule has 0 aliphatic heterocycles. The zero-order valence-corrected chi connectivity index (χ0v) is 21.4. The monoisotopic (exact) mass is 642 g/mol. The van der Waals surface area contributed by atoms with Crippen molar-refractivity contribution < 1.29 is 19.1 Å². The molecular formula is C23H20I2N2O4. The van der Waals surface area contributed by atoms with Crippen LogP contribution in [0.15, 0.2) is 54.6 Å². The lowest BCUT2D eigenvalue weighted by Gasteiger charge is -2.13. The lowest BCUT2D eigenvalue weighted by molar-refractivity contribution is 0.101. The van der Waals surface area contributed by atoms with E-state index in [0.29, 0.717) is 34.0 Å². The number of carbonyl (C=O) groups excluding carboxylic acids is 2. The van der Waals surface area contributed by atoms with Crippen LogP contribution in [0.4, 0.5) is 11.4 Å². The average molecular weight is 642 g/mol. The van der Waals surface area contributed by atoms with E-state index < -0.39 is 0 Å². The fourth-order valence-corrected chi connectivity index (χ4v) is 4.32. The van der Waals surface area contributed by atoms with Crippen molar-refractivity contribution in [3.63, 3.8) is 0 Å². The van der Waals surface area contributed by atoms with E-state index in [4.69, 9.17) is 9.47 Å².